The molecule has 2 aromatic rings. The molecule has 1 heterocycles. The predicted molar refractivity (Wildman–Crippen MR) is 99.4 cm³/mol. The molecular weight excluding hydrogens is 384 g/mol. The van der Waals surface area contributed by atoms with E-state index in [1.165, 1.54) is 20.0 Å². The zero-order valence-corrected chi connectivity index (χ0v) is 15.9. The molecule has 1 aromatic heterocycles. The number of esters is 1. The van der Waals surface area contributed by atoms with Crippen LogP contribution in [-0.2, 0) is 25.5 Å². The first kappa shape index (κ1) is 21.9. The molecule has 0 radical (unpaired) electrons. The first-order chi connectivity index (χ1) is 13.7. The SMILES string of the molecule is CC(=O)OCC(NC(=O)C(C)NC(=O)Cc1cc(F)cc(F)c1)c1cccnc1. The monoisotopic (exact) mass is 405 g/mol. The third-order valence-electron chi connectivity index (χ3n) is 3.91. The maximum absolute atomic E-state index is 13.2. The second kappa shape index (κ2) is 10.3. The number of nitrogens with one attached hydrogen (secondary N) is 2. The number of aromatic nitrogens is 1. The number of hydrogen-bond donors (Lipinski definition) is 2. The summed E-state index contributed by atoms with van der Waals surface area (Å²) in [5, 5.41) is 5.15. The van der Waals surface area contributed by atoms with Crippen molar-refractivity contribution in [3.8, 4) is 0 Å². The fourth-order valence-corrected chi connectivity index (χ4v) is 2.56. The lowest BCUT2D eigenvalue weighted by Gasteiger charge is -2.21. The highest BCUT2D eigenvalue weighted by Crippen LogP contribution is 2.13. The summed E-state index contributed by atoms with van der Waals surface area (Å²) in [6.07, 6.45) is 2.80. The molecule has 154 valence electrons. The summed E-state index contributed by atoms with van der Waals surface area (Å²) < 4.78 is 31.4. The first-order valence-electron chi connectivity index (χ1n) is 8.82. The van der Waals surface area contributed by atoms with Crippen LogP contribution in [0.15, 0.2) is 42.7 Å². The number of hydrogen-bond acceptors (Lipinski definition) is 5. The Bertz CT molecular complexity index is 857. The Morgan fingerprint density at radius 2 is 1.83 bits per heavy atom. The summed E-state index contributed by atoms with van der Waals surface area (Å²) in [4.78, 5) is 39.6. The van der Waals surface area contributed by atoms with E-state index in [2.05, 4.69) is 15.6 Å². The summed E-state index contributed by atoms with van der Waals surface area (Å²) in [7, 11) is 0. The second-order valence-electron chi connectivity index (χ2n) is 6.39. The summed E-state index contributed by atoms with van der Waals surface area (Å²) in [5.74, 6) is -3.18. The molecule has 0 saturated heterocycles. The molecule has 0 saturated carbocycles. The van der Waals surface area contributed by atoms with Gasteiger partial charge in [0, 0.05) is 25.4 Å². The van der Waals surface area contributed by atoms with Crippen molar-refractivity contribution in [3.63, 3.8) is 0 Å². The first-order valence-corrected chi connectivity index (χ1v) is 8.82. The smallest absolute Gasteiger partial charge is 0.302 e. The van der Waals surface area contributed by atoms with Gasteiger partial charge in [-0.25, -0.2) is 8.78 Å². The van der Waals surface area contributed by atoms with Crippen LogP contribution in [0, 0.1) is 11.6 Å². The van der Waals surface area contributed by atoms with Gasteiger partial charge in [-0.1, -0.05) is 6.07 Å². The molecule has 0 spiro atoms. The quantitative estimate of drug-likeness (QED) is 0.653. The highest BCUT2D eigenvalue weighted by Gasteiger charge is 2.22. The van der Waals surface area contributed by atoms with E-state index in [4.69, 9.17) is 4.74 Å². The van der Waals surface area contributed by atoms with Gasteiger partial charge < -0.3 is 15.4 Å². The maximum atomic E-state index is 13.2. The van der Waals surface area contributed by atoms with Gasteiger partial charge in [0.05, 0.1) is 12.5 Å². The zero-order chi connectivity index (χ0) is 21.4. The van der Waals surface area contributed by atoms with E-state index < -0.39 is 41.5 Å². The second-order valence-corrected chi connectivity index (χ2v) is 6.39. The van der Waals surface area contributed by atoms with Gasteiger partial charge in [-0.15, -0.1) is 0 Å². The van der Waals surface area contributed by atoms with E-state index in [-0.39, 0.29) is 18.6 Å². The molecule has 2 amide bonds. The summed E-state index contributed by atoms with van der Waals surface area (Å²) in [5.41, 5.74) is 0.770. The van der Waals surface area contributed by atoms with E-state index >= 15 is 0 Å². The topological polar surface area (TPSA) is 97.4 Å². The van der Waals surface area contributed by atoms with Crippen molar-refractivity contribution in [2.24, 2.45) is 0 Å². The van der Waals surface area contributed by atoms with Crippen LogP contribution in [0.1, 0.15) is 31.0 Å². The average Bonchev–Trinajstić information content (AvgIpc) is 2.64. The number of pyridine rings is 1. The number of nitrogens with zero attached hydrogens (tertiary/aromatic N) is 1. The molecule has 1 aromatic carbocycles. The fraction of sp³-hybridized carbons (Fsp3) is 0.300. The number of ether oxygens (including phenoxy) is 1. The van der Waals surface area contributed by atoms with Gasteiger partial charge in [-0.3, -0.25) is 19.4 Å². The Hall–Kier alpha value is -3.36. The summed E-state index contributed by atoms with van der Waals surface area (Å²) in [6.45, 7) is 2.61. The standard InChI is InChI=1S/C20H21F2N3O4/c1-12(24-19(27)8-14-6-16(21)9-17(22)7-14)20(28)25-18(11-29-13(2)26)15-4-3-5-23-10-15/h3-7,9-10,12,18H,8,11H2,1-2H3,(H,24,27)(H,25,28). The highest BCUT2D eigenvalue weighted by molar-refractivity contribution is 5.88. The van der Waals surface area contributed by atoms with Crippen LogP contribution in [-0.4, -0.2) is 35.4 Å². The molecule has 29 heavy (non-hydrogen) atoms. The largest absolute Gasteiger partial charge is 0.463 e. The molecule has 9 heteroatoms. The van der Waals surface area contributed by atoms with Gasteiger partial charge in [-0.2, -0.15) is 0 Å². The van der Waals surface area contributed by atoms with Crippen LogP contribution in [0.25, 0.3) is 0 Å². The third-order valence-corrected chi connectivity index (χ3v) is 3.91. The number of rotatable bonds is 8. The lowest BCUT2D eigenvalue weighted by molar-refractivity contribution is -0.142. The molecule has 0 fully saturated rings. The number of carbonyl (C=O) groups excluding carboxylic acids is 3. The molecule has 0 aliphatic carbocycles. The van der Waals surface area contributed by atoms with Crippen LogP contribution in [0.2, 0.25) is 0 Å². The van der Waals surface area contributed by atoms with Gasteiger partial charge in [0.2, 0.25) is 11.8 Å². The summed E-state index contributed by atoms with van der Waals surface area (Å²) >= 11 is 0. The number of benzene rings is 1. The van der Waals surface area contributed by atoms with Crippen molar-refractivity contribution in [2.45, 2.75) is 32.4 Å². The molecular formula is C20H21F2N3O4. The van der Waals surface area contributed by atoms with Crippen molar-refractivity contribution >= 4 is 17.8 Å². The third kappa shape index (κ3) is 7.28. The van der Waals surface area contributed by atoms with E-state index in [9.17, 15) is 23.2 Å². The fourth-order valence-electron chi connectivity index (χ4n) is 2.56. The minimum absolute atomic E-state index is 0.101. The van der Waals surface area contributed by atoms with E-state index in [1.54, 1.807) is 18.3 Å². The normalized spacial score (nSPS) is 12.6. The van der Waals surface area contributed by atoms with Crippen LogP contribution >= 0.6 is 0 Å². The Morgan fingerprint density at radius 3 is 2.41 bits per heavy atom. The minimum Gasteiger partial charge on any atom is -0.463 e. The number of amides is 2. The van der Waals surface area contributed by atoms with Gasteiger partial charge in [0.1, 0.15) is 24.3 Å². The molecule has 2 unspecified atom stereocenters. The molecule has 2 atom stereocenters. The van der Waals surface area contributed by atoms with Gasteiger partial charge in [0.15, 0.2) is 0 Å². The van der Waals surface area contributed by atoms with Crippen molar-refractivity contribution < 1.29 is 27.9 Å². The van der Waals surface area contributed by atoms with Crippen LogP contribution in [0.4, 0.5) is 8.78 Å². The summed E-state index contributed by atoms with van der Waals surface area (Å²) in [6, 6.07) is 4.60. The molecule has 0 aliphatic heterocycles. The molecule has 2 rings (SSSR count). The lowest BCUT2D eigenvalue weighted by atomic mass is 10.1. The van der Waals surface area contributed by atoms with Gasteiger partial charge in [-0.05, 0) is 36.2 Å². The van der Waals surface area contributed by atoms with Crippen molar-refractivity contribution in [1.29, 1.82) is 0 Å². The van der Waals surface area contributed by atoms with Gasteiger partial charge in [0.25, 0.3) is 0 Å². The number of carbonyl (C=O) groups is 3. The molecule has 0 aliphatic rings. The average molecular weight is 405 g/mol. The Balaban J connectivity index is 1.97. The predicted octanol–water partition coefficient (Wildman–Crippen LogP) is 1.83. The van der Waals surface area contributed by atoms with Crippen molar-refractivity contribution in [3.05, 3.63) is 65.5 Å². The van der Waals surface area contributed by atoms with Gasteiger partial charge >= 0.3 is 5.97 Å². The van der Waals surface area contributed by atoms with Crippen molar-refractivity contribution in [1.82, 2.24) is 15.6 Å². The van der Waals surface area contributed by atoms with Crippen molar-refractivity contribution in [2.75, 3.05) is 6.61 Å². The van der Waals surface area contributed by atoms with E-state index in [0.29, 0.717) is 11.6 Å². The van der Waals surface area contributed by atoms with Crippen LogP contribution in [0.5, 0.6) is 0 Å². The zero-order valence-electron chi connectivity index (χ0n) is 15.9. The van der Waals surface area contributed by atoms with Crippen LogP contribution < -0.4 is 10.6 Å². The maximum Gasteiger partial charge on any atom is 0.302 e. The Labute approximate surface area is 166 Å². The molecule has 2 N–H and O–H groups in total. The molecule has 0 bridgehead atoms. The van der Waals surface area contributed by atoms with E-state index in [0.717, 1.165) is 12.1 Å². The minimum atomic E-state index is -0.933. The lowest BCUT2D eigenvalue weighted by Crippen LogP contribution is -2.47. The Kier molecular flexibility index (Phi) is 7.76. The number of halogens is 2. The van der Waals surface area contributed by atoms with Crippen LogP contribution in [0.3, 0.4) is 0 Å². The highest BCUT2D eigenvalue weighted by atomic mass is 19.1. The molecule has 7 nitrogen and oxygen atoms in total. The Morgan fingerprint density at radius 1 is 1.14 bits per heavy atom. The van der Waals surface area contributed by atoms with E-state index in [1.807, 2.05) is 0 Å².